The van der Waals surface area contributed by atoms with Crippen LogP contribution in [0.15, 0.2) is 0 Å². The summed E-state index contributed by atoms with van der Waals surface area (Å²) in [5, 5.41) is -4.46. The number of carbonyl (C=O) groups is 1. The number of hydrogen-bond acceptors (Lipinski definition) is 4. The van der Waals surface area contributed by atoms with E-state index >= 15 is 0 Å². The Balaban J connectivity index is 4.42. The minimum atomic E-state index is -5.55. The molecule has 0 saturated heterocycles. The molecule has 8 heteroatoms. The van der Waals surface area contributed by atoms with Crippen molar-refractivity contribution in [3.05, 3.63) is 0 Å². The number of esters is 1. The molecule has 1 N–H and O–H groups in total. The average molecular weight is 260 g/mol. The Bertz CT molecular complexity index is 334. The van der Waals surface area contributed by atoms with E-state index in [4.69, 9.17) is 4.55 Å². The highest BCUT2D eigenvalue weighted by Crippen LogP contribution is 2.21. The van der Waals surface area contributed by atoms with Crippen molar-refractivity contribution < 1.29 is 31.3 Å². The van der Waals surface area contributed by atoms with Crippen molar-refractivity contribution in [1.29, 1.82) is 0 Å². The molecular formula is C8H14F2O5S. The van der Waals surface area contributed by atoms with E-state index in [9.17, 15) is 22.0 Å². The maximum absolute atomic E-state index is 12.6. The minimum absolute atomic E-state index is 0.410. The van der Waals surface area contributed by atoms with Gasteiger partial charge in [0.1, 0.15) is 0 Å². The second-order valence-electron chi connectivity index (χ2n) is 3.23. The van der Waals surface area contributed by atoms with Gasteiger partial charge in [0.2, 0.25) is 0 Å². The summed E-state index contributed by atoms with van der Waals surface area (Å²) in [5.74, 6) is -1.44. The molecule has 0 radical (unpaired) electrons. The molecule has 0 aromatic rings. The molecule has 0 bridgehead atoms. The van der Waals surface area contributed by atoms with Gasteiger partial charge in [-0.1, -0.05) is 13.8 Å². The lowest BCUT2D eigenvalue weighted by Crippen LogP contribution is -2.35. The molecule has 0 amide bonds. The highest BCUT2D eigenvalue weighted by Gasteiger charge is 2.45. The fraction of sp³-hybridized carbons (Fsp3) is 0.875. The van der Waals surface area contributed by atoms with Crippen molar-refractivity contribution in [3.63, 3.8) is 0 Å². The molecule has 0 spiro atoms. The lowest BCUT2D eigenvalue weighted by molar-refractivity contribution is -0.154. The number of carbonyl (C=O) groups excluding carboxylic acids is 1. The molecule has 0 unspecified atom stereocenters. The molecule has 0 aromatic carbocycles. The molecule has 0 aliphatic rings. The fourth-order valence-corrected chi connectivity index (χ4v) is 1.18. The van der Waals surface area contributed by atoms with Crippen molar-refractivity contribution in [1.82, 2.24) is 0 Å². The molecule has 0 heterocycles. The van der Waals surface area contributed by atoms with Crippen LogP contribution in [0.2, 0.25) is 0 Å². The molecule has 16 heavy (non-hydrogen) atoms. The predicted octanol–water partition coefficient (Wildman–Crippen LogP) is 1.45. The van der Waals surface area contributed by atoms with Crippen LogP contribution in [-0.2, 0) is 19.6 Å². The van der Waals surface area contributed by atoms with Gasteiger partial charge in [0, 0.05) is 0 Å². The summed E-state index contributed by atoms with van der Waals surface area (Å²) >= 11 is 0. The Morgan fingerprint density at radius 1 is 1.38 bits per heavy atom. The molecule has 0 saturated carbocycles. The van der Waals surface area contributed by atoms with Crippen LogP contribution in [0.3, 0.4) is 0 Å². The van der Waals surface area contributed by atoms with Crippen molar-refractivity contribution >= 4 is 16.1 Å². The first kappa shape index (κ1) is 15.2. The van der Waals surface area contributed by atoms with E-state index in [0.29, 0.717) is 12.8 Å². The molecule has 0 aliphatic heterocycles. The maximum atomic E-state index is 12.6. The summed E-state index contributed by atoms with van der Waals surface area (Å²) in [7, 11) is -5.55. The van der Waals surface area contributed by atoms with Gasteiger partial charge in [-0.05, 0) is 12.8 Å². The topological polar surface area (TPSA) is 80.7 Å². The molecule has 0 atom stereocenters. The highest BCUT2D eigenvalue weighted by molar-refractivity contribution is 7.86. The number of rotatable bonds is 6. The van der Waals surface area contributed by atoms with Gasteiger partial charge in [0.15, 0.2) is 6.61 Å². The molecule has 0 fully saturated rings. The highest BCUT2D eigenvalue weighted by atomic mass is 32.2. The van der Waals surface area contributed by atoms with Gasteiger partial charge in [-0.3, -0.25) is 9.35 Å². The molecule has 0 aromatic heterocycles. The number of hydrogen-bond donors (Lipinski definition) is 1. The largest absolute Gasteiger partial charge is 0.458 e. The van der Waals surface area contributed by atoms with E-state index in [0.717, 1.165) is 0 Å². The Labute approximate surface area is 92.5 Å². The third-order valence-corrected chi connectivity index (χ3v) is 2.95. The first-order valence-corrected chi connectivity index (χ1v) is 6.11. The molecule has 0 aliphatic carbocycles. The zero-order valence-corrected chi connectivity index (χ0v) is 9.76. The van der Waals surface area contributed by atoms with Crippen molar-refractivity contribution in [2.24, 2.45) is 5.92 Å². The first-order valence-electron chi connectivity index (χ1n) is 4.67. The predicted molar refractivity (Wildman–Crippen MR) is 51.5 cm³/mol. The lowest BCUT2D eigenvalue weighted by Gasteiger charge is -2.16. The van der Waals surface area contributed by atoms with Gasteiger partial charge in [-0.15, -0.1) is 0 Å². The average Bonchev–Trinajstić information content (AvgIpc) is 2.15. The molecule has 5 nitrogen and oxygen atoms in total. The molecule has 96 valence electrons. The zero-order chi connectivity index (χ0) is 13.0. The Morgan fingerprint density at radius 2 is 1.81 bits per heavy atom. The van der Waals surface area contributed by atoms with E-state index in [1.165, 1.54) is 0 Å². The maximum Gasteiger partial charge on any atom is 0.402 e. The zero-order valence-electron chi connectivity index (χ0n) is 8.94. The minimum Gasteiger partial charge on any atom is -0.458 e. The summed E-state index contributed by atoms with van der Waals surface area (Å²) in [5.41, 5.74) is 0. The molecular weight excluding hydrogens is 246 g/mol. The van der Waals surface area contributed by atoms with E-state index in [-0.39, 0.29) is 0 Å². The lowest BCUT2D eigenvalue weighted by atomic mass is 10.0. The van der Waals surface area contributed by atoms with Crippen LogP contribution in [0.1, 0.15) is 26.7 Å². The second kappa shape index (κ2) is 5.53. The normalized spacial score (nSPS) is 12.9. The van der Waals surface area contributed by atoms with Crippen molar-refractivity contribution in [3.8, 4) is 0 Å². The second-order valence-corrected chi connectivity index (χ2v) is 4.78. The van der Waals surface area contributed by atoms with E-state index < -0.39 is 33.9 Å². The summed E-state index contributed by atoms with van der Waals surface area (Å²) in [6, 6.07) is 0. The monoisotopic (exact) mass is 260 g/mol. The van der Waals surface area contributed by atoms with Crippen LogP contribution >= 0.6 is 0 Å². The Kier molecular flexibility index (Phi) is 5.27. The Morgan fingerprint density at radius 3 is 2.12 bits per heavy atom. The summed E-state index contributed by atoms with van der Waals surface area (Å²) in [6.45, 7) is 1.69. The van der Waals surface area contributed by atoms with Crippen LogP contribution in [0, 0.1) is 5.92 Å². The smallest absolute Gasteiger partial charge is 0.402 e. The van der Waals surface area contributed by atoms with Crippen LogP contribution in [-0.4, -0.2) is 30.8 Å². The van der Waals surface area contributed by atoms with Crippen molar-refractivity contribution in [2.45, 2.75) is 31.9 Å². The van der Waals surface area contributed by atoms with Gasteiger partial charge in [0.05, 0.1) is 5.92 Å². The third-order valence-electron chi connectivity index (χ3n) is 2.08. The van der Waals surface area contributed by atoms with Crippen molar-refractivity contribution in [2.75, 3.05) is 6.61 Å². The van der Waals surface area contributed by atoms with Crippen LogP contribution in [0.5, 0.6) is 0 Å². The van der Waals surface area contributed by atoms with Gasteiger partial charge in [0.25, 0.3) is 0 Å². The van der Waals surface area contributed by atoms with Crippen LogP contribution < -0.4 is 0 Å². The molecule has 0 rings (SSSR count). The number of ether oxygens (including phenoxy) is 1. The SMILES string of the molecule is CCC(CC)C(=O)OCC(F)(F)S(=O)(=O)O. The van der Waals surface area contributed by atoms with Gasteiger partial charge < -0.3 is 4.74 Å². The van der Waals surface area contributed by atoms with E-state index in [2.05, 4.69) is 4.74 Å². The van der Waals surface area contributed by atoms with Crippen LogP contribution in [0.25, 0.3) is 0 Å². The van der Waals surface area contributed by atoms with E-state index in [1.54, 1.807) is 13.8 Å². The van der Waals surface area contributed by atoms with Gasteiger partial charge in [-0.25, -0.2) is 0 Å². The summed E-state index contributed by atoms with van der Waals surface area (Å²) in [6.07, 6.45) is 0.819. The number of alkyl halides is 2. The third kappa shape index (κ3) is 4.01. The Hall–Kier alpha value is -0.760. The standard InChI is InChI=1S/C8H14F2O5S/c1-3-6(4-2)7(11)15-5-8(9,10)16(12,13)14/h6H,3-5H2,1-2H3,(H,12,13,14). The first-order chi connectivity index (χ1) is 7.15. The van der Waals surface area contributed by atoms with Crippen LogP contribution in [0.4, 0.5) is 8.78 Å². The summed E-state index contributed by atoms with van der Waals surface area (Å²) < 4.78 is 58.0. The van der Waals surface area contributed by atoms with E-state index in [1.807, 2.05) is 0 Å². The van der Waals surface area contributed by atoms with Gasteiger partial charge >= 0.3 is 21.3 Å². The number of halogens is 2. The quantitative estimate of drug-likeness (QED) is 0.577. The van der Waals surface area contributed by atoms with Gasteiger partial charge in [-0.2, -0.15) is 17.2 Å². The fourth-order valence-electron chi connectivity index (χ4n) is 0.969. The summed E-state index contributed by atoms with van der Waals surface area (Å²) in [4.78, 5) is 11.1.